The zero-order chi connectivity index (χ0) is 17.6. The fourth-order valence-electron chi connectivity index (χ4n) is 4.04. The lowest BCUT2D eigenvalue weighted by Crippen LogP contribution is -2.63. The van der Waals surface area contributed by atoms with Crippen LogP contribution in [0.1, 0.15) is 36.5 Å². The van der Waals surface area contributed by atoms with E-state index in [4.69, 9.17) is 0 Å². The van der Waals surface area contributed by atoms with Crippen molar-refractivity contribution in [3.63, 3.8) is 0 Å². The number of aromatic amines is 1. The van der Waals surface area contributed by atoms with Gasteiger partial charge in [0, 0.05) is 36.8 Å². The van der Waals surface area contributed by atoms with Crippen molar-refractivity contribution in [2.24, 2.45) is 0 Å². The zero-order valence-corrected chi connectivity index (χ0v) is 14.3. The average Bonchev–Trinajstić information content (AvgIpc) is 2.56. The van der Waals surface area contributed by atoms with Gasteiger partial charge in [-0.05, 0) is 38.4 Å². The summed E-state index contributed by atoms with van der Waals surface area (Å²) in [7, 11) is 0. The van der Waals surface area contributed by atoms with Gasteiger partial charge in [-0.2, -0.15) is 0 Å². The number of halogens is 1. The molecule has 0 bridgehead atoms. The summed E-state index contributed by atoms with van der Waals surface area (Å²) >= 11 is 0. The number of H-pyrrole nitrogens is 1. The molecule has 25 heavy (non-hydrogen) atoms. The van der Waals surface area contributed by atoms with Gasteiger partial charge in [-0.3, -0.25) is 14.5 Å². The van der Waals surface area contributed by atoms with E-state index in [9.17, 15) is 14.0 Å². The van der Waals surface area contributed by atoms with Crippen molar-refractivity contribution in [2.45, 2.75) is 38.3 Å². The largest absolute Gasteiger partial charge is 0.358 e. The Morgan fingerprint density at radius 3 is 2.84 bits per heavy atom. The number of nitrogens with one attached hydrogen (secondary N) is 1. The van der Waals surface area contributed by atoms with Gasteiger partial charge in [0.05, 0.1) is 5.52 Å². The minimum atomic E-state index is -0.489. The van der Waals surface area contributed by atoms with E-state index in [2.05, 4.69) is 16.8 Å². The van der Waals surface area contributed by atoms with Crippen LogP contribution < -0.4 is 5.43 Å². The molecule has 1 atom stereocenters. The predicted molar refractivity (Wildman–Crippen MR) is 94.2 cm³/mol. The Balaban J connectivity index is 1.52. The van der Waals surface area contributed by atoms with Crippen molar-refractivity contribution in [1.82, 2.24) is 14.8 Å². The molecule has 2 aromatic rings. The second-order valence-corrected chi connectivity index (χ2v) is 7.14. The number of hydrogen-bond donors (Lipinski definition) is 1. The summed E-state index contributed by atoms with van der Waals surface area (Å²) in [6.45, 7) is 4.64. The maximum Gasteiger partial charge on any atom is 0.259 e. The SMILES string of the molecule is CC1CCCCN1C1CN(C(=O)c2c[nH]c3c(F)cccc3c2=O)C1. The topological polar surface area (TPSA) is 56.4 Å². The van der Waals surface area contributed by atoms with Gasteiger partial charge < -0.3 is 9.88 Å². The summed E-state index contributed by atoms with van der Waals surface area (Å²) in [5, 5.41) is 0.215. The second kappa shape index (κ2) is 6.26. The first kappa shape index (κ1) is 16.3. The quantitative estimate of drug-likeness (QED) is 0.911. The van der Waals surface area contributed by atoms with Crippen LogP contribution in [0, 0.1) is 5.82 Å². The van der Waals surface area contributed by atoms with Crippen LogP contribution in [0.5, 0.6) is 0 Å². The van der Waals surface area contributed by atoms with Gasteiger partial charge in [-0.1, -0.05) is 12.5 Å². The number of likely N-dealkylation sites (tertiary alicyclic amines) is 2. The van der Waals surface area contributed by atoms with Crippen LogP contribution in [0.25, 0.3) is 10.9 Å². The summed E-state index contributed by atoms with van der Waals surface area (Å²) in [6.07, 6.45) is 5.04. The molecule has 5 nitrogen and oxygen atoms in total. The number of hydrogen-bond acceptors (Lipinski definition) is 3. The first-order valence-corrected chi connectivity index (χ1v) is 8.91. The smallest absolute Gasteiger partial charge is 0.259 e. The third-order valence-electron chi connectivity index (χ3n) is 5.57. The highest BCUT2D eigenvalue weighted by atomic mass is 19.1. The molecule has 2 aliphatic heterocycles. The summed E-state index contributed by atoms with van der Waals surface area (Å²) in [6, 6.07) is 5.26. The van der Waals surface area contributed by atoms with Gasteiger partial charge in [-0.25, -0.2) is 4.39 Å². The zero-order valence-electron chi connectivity index (χ0n) is 14.3. The van der Waals surface area contributed by atoms with E-state index in [-0.39, 0.29) is 22.4 Å². The molecule has 1 amide bonds. The molecule has 1 aromatic heterocycles. The van der Waals surface area contributed by atoms with E-state index in [1.54, 1.807) is 11.0 Å². The van der Waals surface area contributed by atoms with E-state index in [1.807, 2.05) is 0 Å². The molecule has 2 fully saturated rings. The Morgan fingerprint density at radius 1 is 1.28 bits per heavy atom. The van der Waals surface area contributed by atoms with Crippen LogP contribution in [-0.4, -0.2) is 52.4 Å². The normalized spacial score (nSPS) is 22.2. The van der Waals surface area contributed by atoms with Gasteiger partial charge in [0.1, 0.15) is 11.4 Å². The lowest BCUT2D eigenvalue weighted by molar-refractivity contribution is 0.00205. The number of para-hydroxylation sites is 1. The number of benzene rings is 1. The van der Waals surface area contributed by atoms with Crippen LogP contribution in [0.15, 0.2) is 29.2 Å². The van der Waals surface area contributed by atoms with Crippen molar-refractivity contribution in [2.75, 3.05) is 19.6 Å². The number of carbonyl (C=O) groups is 1. The van der Waals surface area contributed by atoms with Gasteiger partial charge in [0.2, 0.25) is 5.43 Å². The Kier molecular flexibility index (Phi) is 4.07. The Labute approximate surface area is 145 Å². The summed E-state index contributed by atoms with van der Waals surface area (Å²) in [5.74, 6) is -0.759. The lowest BCUT2D eigenvalue weighted by atomic mass is 9.97. The maximum absolute atomic E-state index is 13.8. The van der Waals surface area contributed by atoms with E-state index in [0.717, 1.165) is 6.54 Å². The molecule has 0 radical (unpaired) electrons. The lowest BCUT2D eigenvalue weighted by Gasteiger charge is -2.49. The number of nitrogens with zero attached hydrogens (tertiary/aromatic N) is 2. The molecule has 2 saturated heterocycles. The Bertz CT molecular complexity index is 873. The van der Waals surface area contributed by atoms with Gasteiger partial charge in [0.15, 0.2) is 0 Å². The van der Waals surface area contributed by atoms with E-state index >= 15 is 0 Å². The standard InChI is InChI=1S/C19H22FN3O2/c1-12-5-2-3-8-23(12)13-10-22(11-13)19(25)15-9-21-17-14(18(15)24)6-4-7-16(17)20/h4,6-7,9,12-13H,2-3,5,8,10-11H2,1H3,(H,21,24). The van der Waals surface area contributed by atoms with Gasteiger partial charge in [-0.15, -0.1) is 0 Å². The minimum absolute atomic E-state index is 0.0863. The molecular weight excluding hydrogens is 321 g/mol. The molecule has 0 saturated carbocycles. The minimum Gasteiger partial charge on any atom is -0.358 e. The third-order valence-corrected chi connectivity index (χ3v) is 5.57. The molecule has 1 aromatic carbocycles. The first-order valence-electron chi connectivity index (χ1n) is 8.91. The maximum atomic E-state index is 13.8. The number of piperidine rings is 1. The molecule has 132 valence electrons. The van der Waals surface area contributed by atoms with Gasteiger partial charge in [0.25, 0.3) is 5.91 Å². The monoisotopic (exact) mass is 343 g/mol. The fraction of sp³-hybridized carbons (Fsp3) is 0.474. The summed E-state index contributed by atoms with van der Waals surface area (Å²) in [4.78, 5) is 32.2. The van der Waals surface area contributed by atoms with E-state index < -0.39 is 11.2 Å². The molecular formula is C19H22FN3O2. The predicted octanol–water partition coefficient (Wildman–Crippen LogP) is 2.37. The molecule has 6 heteroatoms. The van der Waals surface area contributed by atoms with E-state index in [0.29, 0.717) is 25.2 Å². The molecule has 1 unspecified atom stereocenters. The number of pyridine rings is 1. The number of aromatic nitrogens is 1. The van der Waals surface area contributed by atoms with Crippen LogP contribution in [0.2, 0.25) is 0 Å². The van der Waals surface area contributed by atoms with Crippen LogP contribution in [-0.2, 0) is 0 Å². The van der Waals surface area contributed by atoms with Gasteiger partial charge >= 0.3 is 0 Å². The number of fused-ring (bicyclic) bond motifs is 1. The summed E-state index contributed by atoms with van der Waals surface area (Å²) in [5.41, 5.74) is -0.177. The van der Waals surface area contributed by atoms with Crippen LogP contribution in [0.3, 0.4) is 0 Å². The average molecular weight is 343 g/mol. The highest BCUT2D eigenvalue weighted by Gasteiger charge is 2.38. The van der Waals surface area contributed by atoms with Crippen LogP contribution in [0.4, 0.5) is 4.39 Å². The molecule has 0 aliphatic carbocycles. The highest BCUT2D eigenvalue weighted by molar-refractivity contribution is 5.97. The van der Waals surface area contributed by atoms with Crippen molar-refractivity contribution in [1.29, 1.82) is 0 Å². The van der Waals surface area contributed by atoms with Crippen LogP contribution >= 0.6 is 0 Å². The molecule has 2 aliphatic rings. The molecule has 3 heterocycles. The summed E-state index contributed by atoms with van der Waals surface area (Å²) < 4.78 is 13.8. The molecule has 1 N–H and O–H groups in total. The first-order chi connectivity index (χ1) is 12.1. The number of amides is 1. The van der Waals surface area contributed by atoms with Crippen molar-refractivity contribution >= 4 is 16.8 Å². The third kappa shape index (κ3) is 2.74. The Morgan fingerprint density at radius 2 is 2.08 bits per heavy atom. The Hall–Kier alpha value is -2.21. The van der Waals surface area contributed by atoms with Crippen molar-refractivity contribution in [3.05, 3.63) is 46.0 Å². The second-order valence-electron chi connectivity index (χ2n) is 7.14. The fourth-order valence-corrected chi connectivity index (χ4v) is 4.04. The highest BCUT2D eigenvalue weighted by Crippen LogP contribution is 2.25. The molecule has 0 spiro atoms. The van der Waals surface area contributed by atoms with E-state index in [1.165, 1.54) is 37.6 Å². The number of rotatable bonds is 2. The number of carbonyl (C=O) groups excluding carboxylic acids is 1. The molecule has 4 rings (SSSR count). The van der Waals surface area contributed by atoms with Crippen molar-refractivity contribution < 1.29 is 9.18 Å². The van der Waals surface area contributed by atoms with Crippen molar-refractivity contribution in [3.8, 4) is 0 Å².